The summed E-state index contributed by atoms with van der Waals surface area (Å²) in [6, 6.07) is 38.2. The van der Waals surface area contributed by atoms with Gasteiger partial charge in [0, 0.05) is 93.4 Å². The molecule has 33 nitrogen and oxygen atoms in total. The predicted octanol–water partition coefficient (Wildman–Crippen LogP) is 24.4. The van der Waals surface area contributed by atoms with Crippen LogP contribution >= 0.6 is 34.8 Å². The Labute approximate surface area is 790 Å². The number of imidazole rings is 1. The van der Waals surface area contributed by atoms with Crippen molar-refractivity contribution in [3.05, 3.63) is 353 Å². The number of nitrogen functional groups attached to an aromatic ring is 3. The fourth-order valence-electron chi connectivity index (χ4n) is 11.1. The molecule has 0 fully saturated rings. The van der Waals surface area contributed by atoms with Crippen LogP contribution in [-0.4, -0.2) is 100.0 Å². The highest BCUT2D eigenvalue weighted by Crippen LogP contribution is 2.36. The number of aryl methyl sites for hydroxylation is 2. The summed E-state index contributed by atoms with van der Waals surface area (Å²) in [5.74, 6) is -1.22. The Bertz CT molecular complexity index is 6540. The maximum Gasteiger partial charge on any atom is 0.416 e. The average Bonchev–Trinajstić information content (AvgIpc) is 1.63. The minimum atomic E-state index is -4.44. The second-order valence-corrected chi connectivity index (χ2v) is 28.6. The topological polar surface area (TPSA) is 454 Å². The highest BCUT2D eigenvalue weighted by atomic mass is 35.5. The van der Waals surface area contributed by atoms with E-state index < -0.39 is 85.0 Å². The number of hydrogen-bond donors (Lipinski definition) is 9. The van der Waals surface area contributed by atoms with E-state index in [4.69, 9.17) is 66.2 Å². The summed E-state index contributed by atoms with van der Waals surface area (Å²) in [5.41, 5.74) is 17.9. The Morgan fingerprint density at radius 2 is 0.696 bits per heavy atom. The molecule has 0 aliphatic carbocycles. The van der Waals surface area contributed by atoms with Gasteiger partial charge < -0.3 is 63.3 Å². The molecule has 138 heavy (non-hydrogen) atoms. The van der Waals surface area contributed by atoms with Crippen molar-refractivity contribution in [1.29, 1.82) is 0 Å². The summed E-state index contributed by atoms with van der Waals surface area (Å²) in [5, 5.41) is 49.3. The van der Waals surface area contributed by atoms with Gasteiger partial charge in [-0.1, -0.05) is 52.5 Å². The van der Waals surface area contributed by atoms with Crippen molar-refractivity contribution in [3.63, 3.8) is 0 Å². The van der Waals surface area contributed by atoms with Crippen LogP contribution in [0.25, 0.3) is 16.9 Å². The number of nitro groups is 3. The maximum absolute atomic E-state index is 13.7. The van der Waals surface area contributed by atoms with Crippen LogP contribution in [0.2, 0.25) is 15.5 Å². The van der Waals surface area contributed by atoms with Crippen molar-refractivity contribution in [2.24, 2.45) is 0 Å². The van der Waals surface area contributed by atoms with Crippen molar-refractivity contribution in [3.8, 4) is 5.82 Å². The van der Waals surface area contributed by atoms with Gasteiger partial charge in [0.15, 0.2) is 40.7 Å². The molecule has 0 saturated heterocycles. The first-order chi connectivity index (χ1) is 65.3. The molecule has 9 aromatic carbocycles. The lowest BCUT2D eigenvalue weighted by Crippen LogP contribution is -2.35. The molecule has 50 heteroatoms. The third kappa shape index (κ3) is 34.8. The molecule has 0 unspecified atom stereocenters. The Hall–Kier alpha value is -16.0. The van der Waals surface area contributed by atoms with Gasteiger partial charge in [0.2, 0.25) is 0 Å². The van der Waals surface area contributed by atoms with Gasteiger partial charge in [-0.15, -0.1) is 0 Å². The van der Waals surface area contributed by atoms with E-state index in [9.17, 15) is 91.8 Å². The first kappa shape index (κ1) is 107. The van der Waals surface area contributed by atoms with Crippen molar-refractivity contribution in [2.45, 2.75) is 66.0 Å². The summed E-state index contributed by atoms with van der Waals surface area (Å²) in [6.07, 6.45) is 0.555. The lowest BCUT2D eigenvalue weighted by Gasteiger charge is -2.27. The number of rotatable bonds is 22. The van der Waals surface area contributed by atoms with E-state index in [2.05, 4.69) is 86.7 Å². The molecule has 0 amide bonds. The minimum absolute atomic E-state index is 0. The number of nitrogens with one attached hydrogen (secondary N) is 6. The minimum Gasteiger partial charge on any atom is -0.399 e. The summed E-state index contributed by atoms with van der Waals surface area (Å²) in [7, 11) is 0. The molecule has 0 saturated carbocycles. The molecule has 0 aliphatic rings. The van der Waals surface area contributed by atoms with Crippen LogP contribution in [0, 0.1) is 73.3 Å². The van der Waals surface area contributed by atoms with Crippen LogP contribution in [-0.2, 0) is 32.7 Å². The number of aromatic nitrogens is 12. The second-order valence-electron chi connectivity index (χ2n) is 27.4. The first-order valence-corrected chi connectivity index (χ1v) is 40.6. The molecule has 0 spiro atoms. The second kappa shape index (κ2) is 50.4. The number of alkyl halides is 9. The Morgan fingerprint density at radius 3 is 1.07 bits per heavy atom. The van der Waals surface area contributed by atoms with E-state index in [0.717, 1.165) is 96.7 Å². The molecule has 0 atom stereocenters. The smallest absolute Gasteiger partial charge is 0.399 e. The van der Waals surface area contributed by atoms with E-state index in [-0.39, 0.29) is 58.2 Å². The molecule has 0 aliphatic heterocycles. The van der Waals surface area contributed by atoms with Gasteiger partial charge >= 0.3 is 18.5 Å². The molecule has 6 aromatic heterocycles. The molecule has 15 aromatic rings. The number of halogens is 17. The molecular weight excluding hydrogens is 1910 g/mol. The number of nitrogens with zero attached hydrogens (tertiary/aromatic N) is 15. The highest BCUT2D eigenvalue weighted by Gasteiger charge is 2.33. The monoisotopic (exact) mass is 1990 g/mol. The summed E-state index contributed by atoms with van der Waals surface area (Å²) in [6.45, 7) is 13.1. The van der Waals surface area contributed by atoms with Crippen LogP contribution in [0.1, 0.15) is 57.2 Å². The lowest BCUT2D eigenvalue weighted by molar-refractivity contribution is -0.384. The number of hydrogen-bond acceptors (Lipinski definition) is 29. The Balaban J connectivity index is 0.000000225. The van der Waals surface area contributed by atoms with Gasteiger partial charge in [-0.25, -0.2) is 51.9 Å². The number of anilines is 15. The summed E-state index contributed by atoms with van der Waals surface area (Å²) >= 11 is 16.4. The van der Waals surface area contributed by atoms with Crippen LogP contribution in [0.15, 0.2) is 250 Å². The zero-order valence-corrected chi connectivity index (χ0v) is 74.6. The average molecular weight is 1990 g/mol. The zero-order valence-electron chi connectivity index (χ0n) is 72.3. The Morgan fingerprint density at radius 1 is 0.370 bits per heavy atom. The van der Waals surface area contributed by atoms with Gasteiger partial charge in [-0.05, 0) is 168 Å². The first-order valence-electron chi connectivity index (χ1n) is 39.5. The fraction of sp³-hybridized carbons (Fsp3) is 0.148. The molecule has 12 N–H and O–H groups in total. The molecule has 15 rings (SSSR count). The SMILES string of the molecule is CCOC(C)(OCC)OCC.Cc1ccc(N)cc1.Cc1nc2ccc(F)cc2n1-c1cncc(Nc2ccc(C(F)(F)F)cc2)n1.Clc1cncc(Cl)n1.Nc1cc(F)ccc1[N+](=O)[O-].Nc1ccc(F)cc1Nc1cncc(Nc2ccc(C(F)(F)F)cc2)n1.O=[N+]([O-])c1ccc(F)cc1Nc1cncc(Cl)n1.O=[N+]([O-])c1ccc(F)cc1Nc1cncc(Nc2ccc(C(F)(F)F)cc2)n1.[HH]. The van der Waals surface area contributed by atoms with Crippen LogP contribution in [0.3, 0.4) is 0 Å². The normalized spacial score (nSPS) is 10.9. The zero-order chi connectivity index (χ0) is 101. The third-order valence-corrected chi connectivity index (χ3v) is 17.7. The van der Waals surface area contributed by atoms with Crippen LogP contribution in [0.4, 0.5) is 165 Å². The highest BCUT2D eigenvalue weighted by molar-refractivity contribution is 6.32. The van der Waals surface area contributed by atoms with Gasteiger partial charge in [-0.2, -0.15) is 39.5 Å². The number of fused-ring (bicyclic) bond motifs is 1. The van der Waals surface area contributed by atoms with E-state index in [0.29, 0.717) is 98.7 Å². The molecule has 724 valence electrons. The number of nitro benzene ring substituents is 3. The lowest BCUT2D eigenvalue weighted by atomic mass is 10.2. The fourth-order valence-corrected chi connectivity index (χ4v) is 11.6. The predicted molar refractivity (Wildman–Crippen MR) is 494 cm³/mol. The quantitative estimate of drug-likeness (QED) is 0.0100. The van der Waals surface area contributed by atoms with Crippen molar-refractivity contribution in [2.75, 3.05) is 68.9 Å². The molecular formula is C88H79Cl3F14N24O9. The number of ether oxygens (including phenoxy) is 3. The third-order valence-electron chi connectivity index (χ3n) is 17.1. The summed E-state index contributed by atoms with van der Waals surface area (Å²) in [4.78, 5) is 74.0. The van der Waals surface area contributed by atoms with E-state index >= 15 is 0 Å². The summed E-state index contributed by atoms with van der Waals surface area (Å²) < 4.78 is 197. The van der Waals surface area contributed by atoms with Crippen molar-refractivity contribution >= 4 is 149 Å². The van der Waals surface area contributed by atoms with E-state index in [1.54, 1.807) is 24.5 Å². The van der Waals surface area contributed by atoms with Crippen LogP contribution < -0.4 is 49.1 Å². The largest absolute Gasteiger partial charge is 0.416 e. The molecule has 6 heterocycles. The standard InChI is InChI=1S/C19H13F4N5.C17H11F4N5O2.C17H13F4N5.C10H6ClFN4O2.C8H18O3.C7H9N.C6H5FN2O2.C4H2Cl2N2.H2/c1-11-25-15-7-4-13(20)8-16(15)28(11)18-10-24-9-17(27-18)26-14-5-2-12(3-6-14)19(21,22)23;18-11-3-6-14(26(27)28)13(7-11)24-16-9-22-8-15(25-16)23-12-4-1-10(2-5-12)17(19,20)21;18-11-3-6-13(22)14(7-11)25-16-9-23-8-15(26-16)24-12-4-1-10(2-5-12)17(19,20)21;11-9-4-13-5-10(15-9)14-7-3-6(12)1-2-8(7)16(17)18;1-5-9-8(4,10-6-2)11-7-3;1-6-2-4-7(8)5-3-6;7-4-1-2-6(9(10)11)5(8)3-4;5-3-1-7-2-4(6)8-3;/h2-10H,1H3,(H,26,27);1-9H,(H2,23,24,25);1-9H,22H2,(H2,24,25,26);1-5H,(H,14,15);5-7H2,1-4H3;2-5H,8H2,1H3;1-3H,8H2;1-2H;1H. The van der Waals surface area contributed by atoms with E-state index in [1.165, 1.54) is 134 Å². The number of benzene rings is 9. The van der Waals surface area contributed by atoms with Crippen molar-refractivity contribution in [1.82, 2.24) is 59.4 Å². The van der Waals surface area contributed by atoms with Gasteiger partial charge in [0.1, 0.15) is 67.4 Å². The van der Waals surface area contributed by atoms with Gasteiger partial charge in [0.25, 0.3) is 23.0 Å². The Kier molecular flexibility index (Phi) is 39.2. The van der Waals surface area contributed by atoms with Gasteiger partial charge in [0.05, 0.1) is 116 Å². The van der Waals surface area contributed by atoms with E-state index in [1.807, 2.05) is 52.0 Å². The van der Waals surface area contributed by atoms with Crippen molar-refractivity contribution < 1.29 is 91.9 Å². The maximum atomic E-state index is 13.7. The molecule has 0 radical (unpaired) electrons. The van der Waals surface area contributed by atoms with Gasteiger partial charge in [-0.3, -0.25) is 59.8 Å². The number of nitrogens with two attached hydrogens (primary N) is 3. The molecule has 0 bridgehead atoms. The van der Waals surface area contributed by atoms with Crippen LogP contribution in [0.5, 0.6) is 0 Å².